The zero-order valence-electron chi connectivity index (χ0n) is 11.5. The van der Waals surface area contributed by atoms with Gasteiger partial charge >= 0.3 is 5.97 Å². The number of hydrogen-bond acceptors (Lipinski definition) is 5. The standard InChI is InChI=1S/C13H18N2O4S/c1-8(2)11-6-10(14-19-11)13(18)15-3-4-20-7-9(15)5-12(16)17/h6,8-9H,3-5,7H2,1-2H3,(H,16,17). The van der Waals surface area contributed by atoms with Crippen LogP contribution in [0.4, 0.5) is 0 Å². The van der Waals surface area contributed by atoms with Crippen LogP contribution in [0, 0.1) is 0 Å². The third-order valence-corrected chi connectivity index (χ3v) is 4.31. The summed E-state index contributed by atoms with van der Waals surface area (Å²) in [6.45, 7) is 4.46. The molecule has 0 bridgehead atoms. The topological polar surface area (TPSA) is 83.6 Å². The normalized spacial score (nSPS) is 19.4. The summed E-state index contributed by atoms with van der Waals surface area (Å²) in [5.41, 5.74) is 0.260. The van der Waals surface area contributed by atoms with Crippen LogP contribution in [-0.4, -0.2) is 51.1 Å². The zero-order valence-corrected chi connectivity index (χ0v) is 12.4. The number of thioether (sulfide) groups is 1. The monoisotopic (exact) mass is 298 g/mol. The molecule has 110 valence electrons. The Hall–Kier alpha value is -1.50. The van der Waals surface area contributed by atoms with Crippen LogP contribution in [-0.2, 0) is 4.79 Å². The van der Waals surface area contributed by atoms with Crippen LogP contribution in [0.25, 0.3) is 0 Å². The number of hydrogen-bond donors (Lipinski definition) is 1. The lowest BCUT2D eigenvalue weighted by molar-refractivity contribution is -0.138. The fourth-order valence-electron chi connectivity index (χ4n) is 2.10. The van der Waals surface area contributed by atoms with E-state index in [1.807, 2.05) is 13.8 Å². The summed E-state index contributed by atoms with van der Waals surface area (Å²) in [5.74, 6) is 1.15. The van der Waals surface area contributed by atoms with Gasteiger partial charge in [0.25, 0.3) is 5.91 Å². The first-order valence-corrected chi connectivity index (χ1v) is 7.71. The van der Waals surface area contributed by atoms with Crippen LogP contribution in [0.2, 0.25) is 0 Å². The van der Waals surface area contributed by atoms with Crippen molar-refractivity contribution in [3.63, 3.8) is 0 Å². The first-order valence-electron chi connectivity index (χ1n) is 6.56. The van der Waals surface area contributed by atoms with Gasteiger partial charge in [0.15, 0.2) is 5.69 Å². The summed E-state index contributed by atoms with van der Waals surface area (Å²) in [7, 11) is 0. The predicted molar refractivity (Wildman–Crippen MR) is 75.0 cm³/mol. The van der Waals surface area contributed by atoms with Gasteiger partial charge in [0, 0.05) is 30.0 Å². The fourth-order valence-corrected chi connectivity index (χ4v) is 3.16. The highest BCUT2D eigenvalue weighted by atomic mass is 32.2. The first kappa shape index (κ1) is 14.9. The number of carboxylic acids is 1. The molecular formula is C13H18N2O4S. The molecule has 0 spiro atoms. The zero-order chi connectivity index (χ0) is 14.7. The molecule has 1 aliphatic heterocycles. The van der Waals surface area contributed by atoms with Crippen molar-refractivity contribution in [2.45, 2.75) is 32.2 Å². The average Bonchev–Trinajstić information content (AvgIpc) is 2.87. The van der Waals surface area contributed by atoms with Crippen molar-refractivity contribution < 1.29 is 19.2 Å². The van der Waals surface area contributed by atoms with Crippen molar-refractivity contribution in [3.8, 4) is 0 Å². The van der Waals surface area contributed by atoms with E-state index < -0.39 is 5.97 Å². The maximum atomic E-state index is 12.4. The predicted octanol–water partition coefficient (Wildman–Crippen LogP) is 1.83. The summed E-state index contributed by atoms with van der Waals surface area (Å²) in [5, 5.41) is 12.7. The lowest BCUT2D eigenvalue weighted by atomic mass is 10.1. The van der Waals surface area contributed by atoms with Crippen molar-refractivity contribution in [2.75, 3.05) is 18.1 Å². The Labute approximate surface area is 121 Å². The molecule has 0 saturated carbocycles. The van der Waals surface area contributed by atoms with Crippen LogP contribution in [0.5, 0.6) is 0 Å². The molecular weight excluding hydrogens is 280 g/mol. The van der Waals surface area contributed by atoms with Gasteiger partial charge in [-0.2, -0.15) is 11.8 Å². The molecule has 1 aromatic heterocycles. The van der Waals surface area contributed by atoms with Gasteiger partial charge in [0.2, 0.25) is 0 Å². The number of amides is 1. The summed E-state index contributed by atoms with van der Waals surface area (Å²) in [6.07, 6.45) is -0.0341. The van der Waals surface area contributed by atoms with E-state index in [9.17, 15) is 9.59 Å². The molecule has 1 saturated heterocycles. The highest BCUT2D eigenvalue weighted by Gasteiger charge is 2.31. The Balaban J connectivity index is 2.13. The summed E-state index contributed by atoms with van der Waals surface area (Å²) in [4.78, 5) is 24.9. The number of carbonyl (C=O) groups is 2. The van der Waals surface area contributed by atoms with Crippen molar-refractivity contribution in [3.05, 3.63) is 17.5 Å². The SMILES string of the molecule is CC(C)c1cc(C(=O)N2CCSCC2CC(=O)O)no1. The Kier molecular flexibility index (Phi) is 4.69. The van der Waals surface area contributed by atoms with Gasteiger partial charge in [-0.25, -0.2) is 0 Å². The van der Waals surface area contributed by atoms with Gasteiger partial charge in [-0.15, -0.1) is 0 Å². The molecule has 1 N–H and O–H groups in total. The molecule has 6 nitrogen and oxygen atoms in total. The highest BCUT2D eigenvalue weighted by molar-refractivity contribution is 7.99. The van der Waals surface area contributed by atoms with Crippen molar-refractivity contribution >= 4 is 23.6 Å². The van der Waals surface area contributed by atoms with Crippen LogP contribution >= 0.6 is 11.8 Å². The first-order chi connectivity index (χ1) is 9.49. The summed E-state index contributed by atoms with van der Waals surface area (Å²) in [6, 6.07) is 1.37. The van der Waals surface area contributed by atoms with E-state index in [0.29, 0.717) is 18.1 Å². The van der Waals surface area contributed by atoms with Crippen molar-refractivity contribution in [1.82, 2.24) is 10.1 Å². The largest absolute Gasteiger partial charge is 0.481 e. The Morgan fingerprint density at radius 3 is 2.95 bits per heavy atom. The molecule has 1 amide bonds. The molecule has 20 heavy (non-hydrogen) atoms. The summed E-state index contributed by atoms with van der Waals surface area (Å²) >= 11 is 1.67. The van der Waals surface area contributed by atoms with E-state index in [4.69, 9.17) is 9.63 Å². The third-order valence-electron chi connectivity index (χ3n) is 3.22. The summed E-state index contributed by atoms with van der Waals surface area (Å²) < 4.78 is 5.14. The Morgan fingerprint density at radius 2 is 2.35 bits per heavy atom. The fraction of sp³-hybridized carbons (Fsp3) is 0.615. The van der Waals surface area contributed by atoms with Gasteiger partial charge < -0.3 is 14.5 Å². The molecule has 0 radical (unpaired) electrons. The second-order valence-electron chi connectivity index (χ2n) is 5.09. The quantitative estimate of drug-likeness (QED) is 0.913. The molecule has 0 aliphatic carbocycles. The minimum atomic E-state index is -0.890. The third kappa shape index (κ3) is 3.33. The van der Waals surface area contributed by atoms with Gasteiger partial charge in [0.1, 0.15) is 5.76 Å². The number of nitrogens with zero attached hydrogens (tertiary/aromatic N) is 2. The van der Waals surface area contributed by atoms with E-state index in [2.05, 4.69) is 5.16 Å². The smallest absolute Gasteiger partial charge is 0.305 e. The molecule has 1 aromatic rings. The van der Waals surface area contributed by atoms with Gasteiger partial charge in [-0.05, 0) is 0 Å². The maximum absolute atomic E-state index is 12.4. The average molecular weight is 298 g/mol. The second-order valence-corrected chi connectivity index (χ2v) is 6.24. The molecule has 1 atom stereocenters. The lowest BCUT2D eigenvalue weighted by Gasteiger charge is -2.33. The van der Waals surface area contributed by atoms with Crippen LogP contribution < -0.4 is 0 Å². The Bertz CT molecular complexity index is 500. The number of aromatic nitrogens is 1. The maximum Gasteiger partial charge on any atom is 0.305 e. The van der Waals surface area contributed by atoms with Gasteiger partial charge in [-0.3, -0.25) is 9.59 Å². The minimum absolute atomic E-state index is 0.0341. The molecule has 1 unspecified atom stereocenters. The van der Waals surface area contributed by atoms with E-state index >= 15 is 0 Å². The molecule has 7 heteroatoms. The number of carboxylic acid groups (broad SMARTS) is 1. The highest BCUT2D eigenvalue weighted by Crippen LogP contribution is 2.22. The second kappa shape index (κ2) is 6.30. The van der Waals surface area contributed by atoms with Crippen LogP contribution in [0.3, 0.4) is 0 Å². The van der Waals surface area contributed by atoms with Crippen molar-refractivity contribution in [2.24, 2.45) is 0 Å². The lowest BCUT2D eigenvalue weighted by Crippen LogP contribution is -2.47. The van der Waals surface area contributed by atoms with E-state index in [1.165, 1.54) is 0 Å². The molecule has 2 rings (SSSR count). The molecule has 0 aromatic carbocycles. The van der Waals surface area contributed by atoms with E-state index in [1.54, 1.807) is 22.7 Å². The number of rotatable bonds is 4. The molecule has 1 aliphatic rings. The van der Waals surface area contributed by atoms with E-state index in [0.717, 1.165) is 5.75 Å². The Morgan fingerprint density at radius 1 is 1.60 bits per heavy atom. The van der Waals surface area contributed by atoms with Crippen LogP contribution in [0.1, 0.15) is 42.4 Å². The van der Waals surface area contributed by atoms with Gasteiger partial charge in [0.05, 0.1) is 12.5 Å². The van der Waals surface area contributed by atoms with Crippen molar-refractivity contribution in [1.29, 1.82) is 0 Å². The van der Waals surface area contributed by atoms with Crippen LogP contribution in [0.15, 0.2) is 10.6 Å². The molecule has 1 fully saturated rings. The number of carbonyl (C=O) groups excluding carboxylic acids is 1. The van der Waals surface area contributed by atoms with Gasteiger partial charge in [-0.1, -0.05) is 19.0 Å². The minimum Gasteiger partial charge on any atom is -0.481 e. The molecule has 2 heterocycles. The number of aliphatic carboxylic acids is 1. The van der Waals surface area contributed by atoms with E-state index in [-0.39, 0.29) is 30.0 Å².